The van der Waals surface area contributed by atoms with Gasteiger partial charge >= 0.3 is 6.18 Å². The number of hydrogen-bond acceptors (Lipinski definition) is 3. The van der Waals surface area contributed by atoms with Crippen LogP contribution in [-0.2, 0) is 6.54 Å². The fourth-order valence-electron chi connectivity index (χ4n) is 1.37. The maximum absolute atomic E-state index is 12.2. The van der Waals surface area contributed by atoms with E-state index in [0.717, 1.165) is 10.9 Å². The number of nitrogens with zero attached hydrogens (tertiary/aromatic N) is 3. The summed E-state index contributed by atoms with van der Waals surface area (Å²) in [7, 11) is 0. The highest BCUT2D eigenvalue weighted by molar-refractivity contribution is 5.84. The molecule has 4 nitrogen and oxygen atoms in total. The number of rotatable bonds is 2. The first-order valence-corrected chi connectivity index (χ1v) is 5.38. The molecule has 0 fully saturated rings. The van der Waals surface area contributed by atoms with Crippen LogP contribution in [0.5, 0.6) is 0 Å². The van der Waals surface area contributed by atoms with Gasteiger partial charge in [0.05, 0.1) is 23.6 Å². The summed E-state index contributed by atoms with van der Waals surface area (Å²) in [6, 6.07) is 1.52. The van der Waals surface area contributed by atoms with Gasteiger partial charge in [0, 0.05) is 11.6 Å². The van der Waals surface area contributed by atoms with Crippen LogP contribution in [0.25, 0.3) is 10.9 Å². The molecule has 7 heteroatoms. The van der Waals surface area contributed by atoms with Crippen LogP contribution < -0.4 is 0 Å². The lowest BCUT2D eigenvalue weighted by molar-refractivity contribution is -0.141. The molecule has 18 heavy (non-hydrogen) atoms. The second-order valence-electron chi connectivity index (χ2n) is 3.23. The quantitative estimate of drug-likeness (QED) is 0.842. The molecule has 0 saturated carbocycles. The largest absolute Gasteiger partial charge is 0.408 e. The van der Waals surface area contributed by atoms with E-state index in [1.165, 1.54) is 18.5 Å². The number of hydrogen-bond donors (Lipinski definition) is 1. The van der Waals surface area contributed by atoms with Crippen molar-refractivity contribution in [2.45, 2.75) is 26.6 Å². The molecular formula is C11H13F3N4. The van der Waals surface area contributed by atoms with Gasteiger partial charge in [0.15, 0.2) is 0 Å². The molecule has 0 aromatic carbocycles. The molecule has 2 aromatic rings. The van der Waals surface area contributed by atoms with Crippen LogP contribution in [0.15, 0.2) is 18.5 Å². The molecule has 0 amide bonds. The number of pyridine rings is 1. The minimum absolute atomic E-state index is 0.308. The Hall–Kier alpha value is -1.92. The van der Waals surface area contributed by atoms with Crippen LogP contribution in [0.2, 0.25) is 0 Å². The zero-order valence-electron chi connectivity index (χ0n) is 9.99. The number of fused-ring (bicyclic) bond motifs is 1. The molecule has 1 N–H and O–H groups in total. The lowest BCUT2D eigenvalue weighted by Crippen LogP contribution is -2.18. The third kappa shape index (κ3) is 3.28. The highest BCUT2D eigenvalue weighted by Gasteiger charge is 2.29. The molecular weight excluding hydrogens is 245 g/mol. The molecule has 0 aliphatic heterocycles. The summed E-state index contributed by atoms with van der Waals surface area (Å²) in [5.74, 6) is 0. The van der Waals surface area contributed by atoms with Crippen LogP contribution in [0, 0.1) is 5.41 Å². The van der Waals surface area contributed by atoms with Crippen molar-refractivity contribution in [3.8, 4) is 0 Å². The third-order valence-electron chi connectivity index (χ3n) is 2.03. The zero-order valence-corrected chi connectivity index (χ0v) is 9.99. The average Bonchev–Trinajstić information content (AvgIpc) is 2.72. The Labute approximate surface area is 102 Å². The van der Waals surface area contributed by atoms with Gasteiger partial charge in [-0.2, -0.15) is 18.3 Å². The molecule has 0 saturated heterocycles. The maximum atomic E-state index is 12.2. The van der Waals surface area contributed by atoms with Gasteiger partial charge in [-0.15, -0.1) is 0 Å². The van der Waals surface area contributed by atoms with Crippen LogP contribution in [-0.4, -0.2) is 27.2 Å². The first-order chi connectivity index (χ1) is 8.49. The zero-order chi connectivity index (χ0) is 13.8. The predicted molar refractivity (Wildman–Crippen MR) is 62.8 cm³/mol. The van der Waals surface area contributed by atoms with Gasteiger partial charge in [-0.05, 0) is 6.07 Å². The molecule has 2 aromatic heterocycles. The third-order valence-corrected chi connectivity index (χ3v) is 2.03. The lowest BCUT2D eigenvalue weighted by atomic mass is 10.3. The van der Waals surface area contributed by atoms with Crippen molar-refractivity contribution in [2.75, 3.05) is 0 Å². The molecule has 98 valence electrons. The fraction of sp³-hybridized carbons (Fsp3) is 0.364. The molecule has 0 spiro atoms. The molecule has 2 rings (SSSR count). The van der Waals surface area contributed by atoms with Crippen molar-refractivity contribution in [3.63, 3.8) is 0 Å². The summed E-state index contributed by atoms with van der Waals surface area (Å²) in [5, 5.41) is 11.2. The van der Waals surface area contributed by atoms with Crippen LogP contribution in [0.3, 0.4) is 0 Å². The molecule has 2 heterocycles. The first kappa shape index (κ1) is 14.1. The minimum atomic E-state index is -4.31. The summed E-state index contributed by atoms with van der Waals surface area (Å²) in [4.78, 5) is 3.82. The second kappa shape index (κ2) is 5.61. The normalized spacial score (nSPS) is 10.9. The summed E-state index contributed by atoms with van der Waals surface area (Å²) >= 11 is 0. The van der Waals surface area contributed by atoms with Crippen LogP contribution in [0.1, 0.15) is 19.5 Å². The van der Waals surface area contributed by atoms with E-state index >= 15 is 0 Å². The van der Waals surface area contributed by atoms with E-state index in [-0.39, 0.29) is 0 Å². The van der Waals surface area contributed by atoms with E-state index in [4.69, 9.17) is 5.41 Å². The predicted octanol–water partition coefficient (Wildman–Crippen LogP) is 3.02. The van der Waals surface area contributed by atoms with Gasteiger partial charge in [-0.3, -0.25) is 9.67 Å². The lowest BCUT2D eigenvalue weighted by Gasteiger charge is -2.06. The van der Waals surface area contributed by atoms with E-state index in [2.05, 4.69) is 10.1 Å². The highest BCUT2D eigenvalue weighted by atomic mass is 19.4. The van der Waals surface area contributed by atoms with Crippen molar-refractivity contribution < 1.29 is 13.2 Å². The smallest absolute Gasteiger partial charge is 0.307 e. The van der Waals surface area contributed by atoms with E-state index < -0.39 is 12.7 Å². The molecule has 0 aliphatic rings. The van der Waals surface area contributed by atoms with Gasteiger partial charge < -0.3 is 5.41 Å². The molecule has 0 unspecified atom stereocenters. The number of nitrogens with one attached hydrogen (secondary N) is 1. The Morgan fingerprint density at radius 1 is 1.33 bits per heavy atom. The number of aromatic nitrogens is 3. The molecule has 0 atom stereocenters. The SMILES string of the molecule is CC.N=Cc1cc2cnn(CC(F)(F)F)c2cn1. The Morgan fingerprint density at radius 2 is 2.00 bits per heavy atom. The highest BCUT2D eigenvalue weighted by Crippen LogP contribution is 2.20. The van der Waals surface area contributed by atoms with Gasteiger partial charge in [0.25, 0.3) is 0 Å². The van der Waals surface area contributed by atoms with E-state index in [1.807, 2.05) is 13.8 Å². The van der Waals surface area contributed by atoms with E-state index in [9.17, 15) is 13.2 Å². The molecule has 0 aliphatic carbocycles. The van der Waals surface area contributed by atoms with Crippen molar-refractivity contribution >= 4 is 17.1 Å². The summed E-state index contributed by atoms with van der Waals surface area (Å²) < 4.78 is 37.4. The van der Waals surface area contributed by atoms with Crippen molar-refractivity contribution in [2.24, 2.45) is 0 Å². The Kier molecular flexibility index (Phi) is 4.41. The molecule has 0 radical (unpaired) electrons. The topological polar surface area (TPSA) is 54.6 Å². The van der Waals surface area contributed by atoms with Gasteiger partial charge in [-0.25, -0.2) is 0 Å². The number of alkyl halides is 3. The van der Waals surface area contributed by atoms with E-state index in [0.29, 0.717) is 16.6 Å². The minimum Gasteiger partial charge on any atom is -0.307 e. The maximum Gasteiger partial charge on any atom is 0.408 e. The van der Waals surface area contributed by atoms with Crippen molar-refractivity contribution in [1.82, 2.24) is 14.8 Å². The van der Waals surface area contributed by atoms with E-state index in [1.54, 1.807) is 0 Å². The first-order valence-electron chi connectivity index (χ1n) is 5.38. The Morgan fingerprint density at radius 3 is 2.56 bits per heavy atom. The average molecular weight is 258 g/mol. The van der Waals surface area contributed by atoms with Crippen molar-refractivity contribution in [3.05, 3.63) is 24.2 Å². The summed E-state index contributed by atoms with van der Waals surface area (Å²) in [6.07, 6.45) is -0.663. The van der Waals surface area contributed by atoms with Crippen molar-refractivity contribution in [1.29, 1.82) is 5.41 Å². The van der Waals surface area contributed by atoms with Crippen LogP contribution in [0.4, 0.5) is 13.2 Å². The van der Waals surface area contributed by atoms with Gasteiger partial charge in [-0.1, -0.05) is 13.8 Å². The standard InChI is InChI=1S/C9H7F3N4.C2H6/c10-9(11,12)5-16-8-4-14-7(2-13)1-6(8)3-15-16;1-2/h1-4,13H,5H2;1-2H3. The van der Waals surface area contributed by atoms with Gasteiger partial charge in [0.2, 0.25) is 0 Å². The van der Waals surface area contributed by atoms with Crippen LogP contribution >= 0.6 is 0 Å². The van der Waals surface area contributed by atoms with Gasteiger partial charge in [0.1, 0.15) is 6.54 Å². The Bertz CT molecular complexity index is 531. The monoisotopic (exact) mass is 258 g/mol. The molecule has 0 bridgehead atoms. The summed E-state index contributed by atoms with van der Waals surface area (Å²) in [6.45, 7) is 2.86. The number of halogens is 3. The summed E-state index contributed by atoms with van der Waals surface area (Å²) in [5.41, 5.74) is 0.696. The Balaban J connectivity index is 0.000000771. The second-order valence-corrected chi connectivity index (χ2v) is 3.23. The fourth-order valence-corrected chi connectivity index (χ4v) is 1.37.